The number of ether oxygens (including phenoxy) is 1. The first kappa shape index (κ1) is 13.2. The first-order valence-corrected chi connectivity index (χ1v) is 5.28. The molecule has 0 saturated heterocycles. The van der Waals surface area contributed by atoms with Crippen LogP contribution in [0.15, 0.2) is 20.9 Å². The fourth-order valence-electron chi connectivity index (χ4n) is 0.875. The van der Waals surface area contributed by atoms with E-state index in [1.54, 1.807) is 0 Å². The molecule has 0 aliphatic heterocycles. The molecule has 0 N–H and O–H groups in total. The minimum absolute atomic E-state index is 0.0319. The summed E-state index contributed by atoms with van der Waals surface area (Å²) >= 11 is 16.5. The Kier molecular flexibility index (Phi) is 4.13. The van der Waals surface area contributed by atoms with Gasteiger partial charge in [0.05, 0.1) is 0 Å². The molecule has 0 aromatic heterocycles. The topological polar surface area (TPSA) is 60.4 Å². The van der Waals surface area contributed by atoms with Crippen LogP contribution >= 0.6 is 34.8 Å². The normalized spacial score (nSPS) is 17.0. The average molecular weight is 283 g/mol. The quantitative estimate of drug-likeness (QED) is 0.576. The molecule has 0 atom stereocenters. The number of hydrogen-bond donors (Lipinski definition) is 0. The number of rotatable bonds is 2. The summed E-state index contributed by atoms with van der Waals surface area (Å²) in [6.07, 6.45) is 0.0319. The minimum Gasteiger partial charge on any atom is -0.420 e. The number of esters is 1. The van der Waals surface area contributed by atoms with Gasteiger partial charge >= 0.3 is 5.97 Å². The third kappa shape index (κ3) is 2.29. The predicted octanol–water partition coefficient (Wildman–Crippen LogP) is 2.23. The molecule has 1 rings (SSSR count). The molecule has 0 saturated carbocycles. The van der Waals surface area contributed by atoms with Crippen LogP contribution in [0.3, 0.4) is 0 Å². The van der Waals surface area contributed by atoms with Crippen molar-refractivity contribution in [3.05, 3.63) is 20.9 Å². The van der Waals surface area contributed by atoms with Crippen LogP contribution in [0.5, 0.6) is 0 Å². The zero-order valence-electron chi connectivity index (χ0n) is 7.97. The van der Waals surface area contributed by atoms with Crippen molar-refractivity contribution in [3.8, 4) is 0 Å². The second kappa shape index (κ2) is 4.99. The zero-order chi connectivity index (χ0) is 12.5. The van der Waals surface area contributed by atoms with E-state index in [9.17, 15) is 14.4 Å². The van der Waals surface area contributed by atoms with Gasteiger partial charge in [0, 0.05) is 6.42 Å². The molecule has 0 amide bonds. The molecule has 0 aromatic carbocycles. The molecule has 1 aliphatic rings. The zero-order valence-corrected chi connectivity index (χ0v) is 10.2. The van der Waals surface area contributed by atoms with Crippen molar-refractivity contribution in [1.82, 2.24) is 0 Å². The Bertz CT molecular complexity index is 448. The van der Waals surface area contributed by atoms with Gasteiger partial charge in [0.2, 0.25) is 17.3 Å². The van der Waals surface area contributed by atoms with Crippen molar-refractivity contribution in [2.45, 2.75) is 13.3 Å². The molecule has 0 unspecified atom stereocenters. The van der Waals surface area contributed by atoms with Crippen molar-refractivity contribution in [3.63, 3.8) is 0 Å². The molecule has 7 heteroatoms. The van der Waals surface area contributed by atoms with Gasteiger partial charge in [-0.1, -0.05) is 41.7 Å². The van der Waals surface area contributed by atoms with Crippen molar-refractivity contribution in [2.24, 2.45) is 0 Å². The fraction of sp³-hybridized carbons (Fsp3) is 0.222. The molecule has 0 heterocycles. The lowest BCUT2D eigenvalue weighted by Crippen LogP contribution is -2.21. The molecule has 0 spiro atoms. The molecule has 1 aliphatic carbocycles. The van der Waals surface area contributed by atoms with E-state index in [-0.39, 0.29) is 6.42 Å². The van der Waals surface area contributed by atoms with E-state index in [1.807, 2.05) is 0 Å². The van der Waals surface area contributed by atoms with Crippen molar-refractivity contribution in [1.29, 1.82) is 0 Å². The van der Waals surface area contributed by atoms with Crippen molar-refractivity contribution in [2.75, 3.05) is 0 Å². The summed E-state index contributed by atoms with van der Waals surface area (Å²) < 4.78 is 4.62. The molecular formula is C9H5Cl3O4. The van der Waals surface area contributed by atoms with Gasteiger partial charge in [-0.05, 0) is 0 Å². The summed E-state index contributed by atoms with van der Waals surface area (Å²) in [5.74, 6) is -2.99. The number of carbonyl (C=O) groups excluding carboxylic acids is 3. The van der Waals surface area contributed by atoms with Gasteiger partial charge in [-0.15, -0.1) is 0 Å². The van der Waals surface area contributed by atoms with Crippen molar-refractivity contribution < 1.29 is 19.1 Å². The predicted molar refractivity (Wildman–Crippen MR) is 58.0 cm³/mol. The van der Waals surface area contributed by atoms with E-state index in [2.05, 4.69) is 4.74 Å². The second-order valence-electron chi connectivity index (χ2n) is 2.76. The summed E-state index contributed by atoms with van der Waals surface area (Å²) in [6.45, 7) is 1.52. The van der Waals surface area contributed by atoms with Crippen LogP contribution in [0, 0.1) is 0 Å². The van der Waals surface area contributed by atoms with E-state index in [0.717, 1.165) is 0 Å². The third-order valence-corrected chi connectivity index (χ3v) is 2.86. The van der Waals surface area contributed by atoms with Gasteiger partial charge in [0.25, 0.3) is 0 Å². The van der Waals surface area contributed by atoms with Crippen LogP contribution in [-0.2, 0) is 19.1 Å². The van der Waals surface area contributed by atoms with Crippen LogP contribution in [0.25, 0.3) is 0 Å². The minimum atomic E-state index is -0.877. The summed E-state index contributed by atoms with van der Waals surface area (Å²) in [7, 11) is 0. The van der Waals surface area contributed by atoms with E-state index in [4.69, 9.17) is 34.8 Å². The molecule has 0 radical (unpaired) electrons. The van der Waals surface area contributed by atoms with E-state index in [1.165, 1.54) is 6.92 Å². The Balaban J connectivity index is 3.14. The lowest BCUT2D eigenvalue weighted by molar-refractivity contribution is -0.141. The van der Waals surface area contributed by atoms with Crippen LogP contribution in [0.1, 0.15) is 13.3 Å². The van der Waals surface area contributed by atoms with Crippen LogP contribution in [0.2, 0.25) is 0 Å². The van der Waals surface area contributed by atoms with Gasteiger partial charge in [-0.25, -0.2) is 0 Å². The van der Waals surface area contributed by atoms with E-state index in [0.29, 0.717) is 0 Å². The highest BCUT2D eigenvalue weighted by Crippen LogP contribution is 2.31. The summed E-state index contributed by atoms with van der Waals surface area (Å²) in [6, 6.07) is 0. The maximum atomic E-state index is 11.5. The summed E-state index contributed by atoms with van der Waals surface area (Å²) in [5, 5.41) is -1.52. The Morgan fingerprint density at radius 1 is 1.06 bits per heavy atom. The van der Waals surface area contributed by atoms with Gasteiger partial charge in [0.1, 0.15) is 15.1 Å². The Labute approximate surface area is 106 Å². The lowest BCUT2D eigenvalue weighted by Gasteiger charge is -2.13. The fourth-order valence-corrected chi connectivity index (χ4v) is 1.49. The van der Waals surface area contributed by atoms with Gasteiger partial charge < -0.3 is 4.74 Å². The third-order valence-electron chi connectivity index (χ3n) is 1.70. The number of Topliss-reactive ketones (excluding diaryl/α,β-unsaturated/α-hetero) is 2. The van der Waals surface area contributed by atoms with E-state index < -0.39 is 38.4 Å². The highest BCUT2D eigenvalue weighted by Gasteiger charge is 2.34. The standard InChI is InChI=1S/C9H5Cl3O4/c1-2-3(13)16-9-6(12)7(14)4(10)5(11)8(9)15/h2H2,1H3. The Hall–Kier alpha value is -0.840. The number of halogens is 3. The Morgan fingerprint density at radius 3 is 2.06 bits per heavy atom. The number of allylic oxidation sites excluding steroid dienone is 3. The van der Waals surface area contributed by atoms with Gasteiger partial charge in [0.15, 0.2) is 0 Å². The molecular weight excluding hydrogens is 278 g/mol. The molecule has 4 nitrogen and oxygen atoms in total. The molecule has 86 valence electrons. The largest absolute Gasteiger partial charge is 0.420 e. The SMILES string of the molecule is CCC(=O)OC1=C(Cl)C(=O)C(Cl)=C(Cl)C1=O. The number of carbonyl (C=O) groups is 3. The molecule has 16 heavy (non-hydrogen) atoms. The summed E-state index contributed by atoms with van der Waals surface area (Å²) in [4.78, 5) is 33.8. The maximum Gasteiger partial charge on any atom is 0.311 e. The monoisotopic (exact) mass is 282 g/mol. The maximum absolute atomic E-state index is 11.5. The van der Waals surface area contributed by atoms with E-state index >= 15 is 0 Å². The molecule has 0 bridgehead atoms. The van der Waals surface area contributed by atoms with Crippen LogP contribution < -0.4 is 0 Å². The van der Waals surface area contributed by atoms with Crippen LogP contribution in [0.4, 0.5) is 0 Å². The average Bonchev–Trinajstić information content (AvgIpc) is 2.29. The second-order valence-corrected chi connectivity index (χ2v) is 3.89. The van der Waals surface area contributed by atoms with Gasteiger partial charge in [-0.2, -0.15) is 0 Å². The van der Waals surface area contributed by atoms with Crippen molar-refractivity contribution >= 4 is 52.3 Å². The highest BCUT2D eigenvalue weighted by molar-refractivity contribution is 6.64. The number of hydrogen-bond acceptors (Lipinski definition) is 4. The highest BCUT2D eigenvalue weighted by atomic mass is 35.5. The van der Waals surface area contributed by atoms with Gasteiger partial charge in [-0.3, -0.25) is 14.4 Å². The first-order chi connectivity index (χ1) is 7.40. The number of ketones is 2. The Morgan fingerprint density at radius 2 is 1.56 bits per heavy atom. The molecule has 0 fully saturated rings. The summed E-state index contributed by atoms with van der Waals surface area (Å²) in [5.41, 5.74) is 0. The smallest absolute Gasteiger partial charge is 0.311 e. The van der Waals surface area contributed by atoms with Crippen LogP contribution in [-0.4, -0.2) is 17.5 Å². The lowest BCUT2D eigenvalue weighted by atomic mass is 10.1. The first-order valence-electron chi connectivity index (χ1n) is 4.15. The molecule has 0 aromatic rings.